The first-order valence-electron chi connectivity index (χ1n) is 9.11. The summed E-state index contributed by atoms with van der Waals surface area (Å²) in [4.78, 5) is 14.1. The van der Waals surface area contributed by atoms with E-state index < -0.39 is 0 Å². The van der Waals surface area contributed by atoms with Gasteiger partial charge in [-0.25, -0.2) is 0 Å². The lowest BCUT2D eigenvalue weighted by Crippen LogP contribution is -2.39. The number of ether oxygens (including phenoxy) is 1. The van der Waals surface area contributed by atoms with Crippen molar-refractivity contribution in [3.05, 3.63) is 64.7 Å². The second kappa shape index (κ2) is 7.68. The maximum absolute atomic E-state index is 11.6. The zero-order valence-electron chi connectivity index (χ0n) is 14.7. The number of piperidine rings is 1. The molecule has 1 amide bonds. The van der Waals surface area contributed by atoms with Crippen molar-refractivity contribution in [2.24, 2.45) is 11.8 Å². The summed E-state index contributed by atoms with van der Waals surface area (Å²) < 4.78 is 6.07. The number of hydrogen-bond acceptors (Lipinski definition) is 3. The number of fused-ring (bicyclic) bond motifs is 1. The summed E-state index contributed by atoms with van der Waals surface area (Å²) in [7, 11) is 0. The van der Waals surface area contributed by atoms with Gasteiger partial charge in [-0.05, 0) is 35.6 Å². The minimum Gasteiger partial charge on any atom is -0.489 e. The summed E-state index contributed by atoms with van der Waals surface area (Å²) in [6, 6.07) is 16.0. The van der Waals surface area contributed by atoms with Gasteiger partial charge in [0.15, 0.2) is 0 Å². The molecule has 4 nitrogen and oxygen atoms in total. The third-order valence-electron chi connectivity index (χ3n) is 5.34. The number of nitrogens with zero attached hydrogens (tertiary/aromatic N) is 1. The monoisotopic (exact) mass is 370 g/mol. The van der Waals surface area contributed by atoms with Crippen LogP contribution in [0.2, 0.25) is 5.02 Å². The molecule has 5 heteroatoms. The molecule has 0 aromatic heterocycles. The van der Waals surface area contributed by atoms with Gasteiger partial charge in [0.25, 0.3) is 0 Å². The second-order valence-electron chi connectivity index (χ2n) is 7.25. The Morgan fingerprint density at radius 1 is 1.08 bits per heavy atom. The molecule has 26 heavy (non-hydrogen) atoms. The molecular weight excluding hydrogens is 348 g/mol. The van der Waals surface area contributed by atoms with Crippen LogP contribution in [-0.2, 0) is 17.9 Å². The summed E-state index contributed by atoms with van der Waals surface area (Å²) in [6.45, 7) is 4.23. The third-order valence-corrected chi connectivity index (χ3v) is 5.59. The van der Waals surface area contributed by atoms with Gasteiger partial charge in [0.2, 0.25) is 5.91 Å². The first-order valence-corrected chi connectivity index (χ1v) is 9.49. The van der Waals surface area contributed by atoms with Crippen molar-refractivity contribution in [3.63, 3.8) is 0 Å². The first-order chi connectivity index (χ1) is 12.7. The molecule has 0 bridgehead atoms. The molecule has 136 valence electrons. The quantitative estimate of drug-likeness (QED) is 0.876. The van der Waals surface area contributed by atoms with Crippen LogP contribution in [0.25, 0.3) is 0 Å². The lowest BCUT2D eigenvalue weighted by Gasteiger charge is -2.23. The molecule has 2 aromatic carbocycles. The van der Waals surface area contributed by atoms with Crippen LogP contribution < -0.4 is 10.1 Å². The highest BCUT2D eigenvalue weighted by Crippen LogP contribution is 2.31. The first kappa shape index (κ1) is 17.4. The molecule has 0 spiro atoms. The molecule has 2 aliphatic rings. The van der Waals surface area contributed by atoms with Gasteiger partial charge in [-0.3, -0.25) is 9.69 Å². The van der Waals surface area contributed by atoms with E-state index >= 15 is 0 Å². The number of likely N-dealkylation sites (tertiary alicyclic amines) is 1. The van der Waals surface area contributed by atoms with Crippen molar-refractivity contribution in [2.45, 2.75) is 19.6 Å². The number of halogens is 1. The Morgan fingerprint density at radius 3 is 2.69 bits per heavy atom. The fourth-order valence-corrected chi connectivity index (χ4v) is 4.07. The van der Waals surface area contributed by atoms with Crippen molar-refractivity contribution < 1.29 is 9.53 Å². The minimum atomic E-state index is 0.194. The molecule has 0 aliphatic carbocycles. The number of rotatable bonds is 5. The highest BCUT2D eigenvalue weighted by atomic mass is 35.5. The molecule has 2 saturated heterocycles. The van der Waals surface area contributed by atoms with Gasteiger partial charge in [0, 0.05) is 43.2 Å². The van der Waals surface area contributed by atoms with Crippen LogP contribution in [-0.4, -0.2) is 30.4 Å². The topological polar surface area (TPSA) is 41.6 Å². The fourth-order valence-electron chi connectivity index (χ4n) is 3.94. The van der Waals surface area contributed by atoms with Gasteiger partial charge >= 0.3 is 0 Å². The van der Waals surface area contributed by atoms with Gasteiger partial charge in [-0.1, -0.05) is 41.9 Å². The highest BCUT2D eigenvalue weighted by Gasteiger charge is 2.37. The second-order valence-corrected chi connectivity index (χ2v) is 7.68. The predicted molar refractivity (Wildman–Crippen MR) is 102 cm³/mol. The number of carbonyl (C=O) groups is 1. The standard InChI is InChI=1S/C21H23ClN2O2/c22-19-7-5-15(6-8-19)14-26-20-4-2-1-3-16(20)11-24-12-17-9-21(25)23-10-18(17)13-24/h1-8,17-18H,9-14H2,(H,23,25)/t17-,18+/m1/s1. The van der Waals surface area contributed by atoms with Gasteiger partial charge in [0.05, 0.1) is 0 Å². The number of amides is 1. The van der Waals surface area contributed by atoms with Gasteiger partial charge < -0.3 is 10.1 Å². The average Bonchev–Trinajstić information content (AvgIpc) is 3.03. The maximum atomic E-state index is 11.6. The van der Waals surface area contributed by atoms with Crippen LogP contribution in [0.5, 0.6) is 5.75 Å². The Labute approximate surface area is 159 Å². The van der Waals surface area contributed by atoms with E-state index in [1.165, 1.54) is 5.56 Å². The van der Waals surface area contributed by atoms with E-state index in [0.29, 0.717) is 24.9 Å². The summed E-state index contributed by atoms with van der Waals surface area (Å²) >= 11 is 5.94. The predicted octanol–water partition coefficient (Wildman–Crippen LogP) is 3.49. The smallest absolute Gasteiger partial charge is 0.220 e. The molecule has 0 saturated carbocycles. The number of benzene rings is 2. The Balaban J connectivity index is 1.40. The van der Waals surface area contributed by atoms with E-state index in [2.05, 4.69) is 22.3 Å². The number of hydrogen-bond donors (Lipinski definition) is 1. The molecule has 2 atom stereocenters. The minimum absolute atomic E-state index is 0.194. The normalized spacial score (nSPS) is 22.7. The Morgan fingerprint density at radius 2 is 1.85 bits per heavy atom. The molecule has 0 unspecified atom stereocenters. The van der Waals surface area contributed by atoms with E-state index in [9.17, 15) is 4.79 Å². The number of para-hydroxylation sites is 1. The van der Waals surface area contributed by atoms with Crippen LogP contribution in [0.1, 0.15) is 17.5 Å². The van der Waals surface area contributed by atoms with E-state index in [1.807, 2.05) is 36.4 Å². The summed E-state index contributed by atoms with van der Waals surface area (Å²) in [6.07, 6.45) is 0.663. The Kier molecular flexibility index (Phi) is 5.14. The molecule has 2 fully saturated rings. The molecule has 1 N–H and O–H groups in total. The van der Waals surface area contributed by atoms with Crippen LogP contribution in [0, 0.1) is 11.8 Å². The average molecular weight is 371 g/mol. The molecule has 2 aliphatic heterocycles. The fraction of sp³-hybridized carbons (Fsp3) is 0.381. The maximum Gasteiger partial charge on any atom is 0.220 e. The largest absolute Gasteiger partial charge is 0.489 e. The van der Waals surface area contributed by atoms with Gasteiger partial charge in [0.1, 0.15) is 12.4 Å². The van der Waals surface area contributed by atoms with Crippen molar-refractivity contribution in [1.29, 1.82) is 0 Å². The summed E-state index contributed by atoms with van der Waals surface area (Å²) in [5, 5.41) is 3.73. The van der Waals surface area contributed by atoms with Crippen molar-refractivity contribution in [2.75, 3.05) is 19.6 Å². The van der Waals surface area contributed by atoms with Crippen molar-refractivity contribution in [1.82, 2.24) is 10.2 Å². The molecular formula is C21H23ClN2O2. The van der Waals surface area contributed by atoms with Crippen LogP contribution in [0.4, 0.5) is 0 Å². The lowest BCUT2D eigenvalue weighted by atomic mass is 9.89. The van der Waals surface area contributed by atoms with Gasteiger partial charge in [-0.2, -0.15) is 0 Å². The number of carbonyl (C=O) groups excluding carboxylic acids is 1. The van der Waals surface area contributed by atoms with Crippen LogP contribution in [0.15, 0.2) is 48.5 Å². The van der Waals surface area contributed by atoms with E-state index in [-0.39, 0.29) is 5.91 Å². The Hall–Kier alpha value is -2.04. The lowest BCUT2D eigenvalue weighted by molar-refractivity contribution is -0.124. The van der Waals surface area contributed by atoms with E-state index in [4.69, 9.17) is 16.3 Å². The Bertz CT molecular complexity index is 778. The number of nitrogens with one attached hydrogen (secondary N) is 1. The highest BCUT2D eigenvalue weighted by molar-refractivity contribution is 6.30. The van der Waals surface area contributed by atoms with Crippen LogP contribution in [0.3, 0.4) is 0 Å². The van der Waals surface area contributed by atoms with E-state index in [1.54, 1.807) is 0 Å². The molecule has 2 aromatic rings. The van der Waals surface area contributed by atoms with Crippen molar-refractivity contribution >= 4 is 17.5 Å². The summed E-state index contributed by atoms with van der Waals surface area (Å²) in [5.74, 6) is 2.19. The SMILES string of the molecule is O=C1C[C@@H]2CN(Cc3ccccc3OCc3ccc(Cl)cc3)C[C@@H]2CN1. The zero-order valence-corrected chi connectivity index (χ0v) is 15.4. The summed E-state index contributed by atoms with van der Waals surface area (Å²) in [5.41, 5.74) is 2.29. The zero-order chi connectivity index (χ0) is 17.9. The van der Waals surface area contributed by atoms with Gasteiger partial charge in [-0.15, -0.1) is 0 Å². The molecule has 4 rings (SSSR count). The molecule has 2 heterocycles. The van der Waals surface area contributed by atoms with Crippen LogP contribution >= 0.6 is 11.6 Å². The third kappa shape index (κ3) is 4.02. The molecule has 0 radical (unpaired) electrons. The van der Waals surface area contributed by atoms with Crippen molar-refractivity contribution in [3.8, 4) is 5.75 Å². The van der Waals surface area contributed by atoms with E-state index in [0.717, 1.165) is 42.5 Å².